The van der Waals surface area contributed by atoms with Crippen molar-refractivity contribution in [1.29, 1.82) is 0 Å². The molecule has 1 aromatic rings. The Kier molecular flexibility index (Phi) is 2.69. The second-order valence-electron chi connectivity index (χ2n) is 3.57. The maximum absolute atomic E-state index is 5.92. The lowest BCUT2D eigenvalue weighted by atomic mass is 10.0. The van der Waals surface area contributed by atoms with E-state index in [1.165, 1.54) is 24.6 Å². The van der Waals surface area contributed by atoms with Gasteiger partial charge in [0, 0.05) is 13.1 Å². The molecule has 0 spiro atoms. The topological polar surface area (TPSA) is 29.0 Å². The third-order valence-corrected chi connectivity index (χ3v) is 3.26. The van der Waals surface area contributed by atoms with E-state index in [2.05, 4.69) is 20.6 Å². The van der Waals surface area contributed by atoms with E-state index in [0.29, 0.717) is 5.15 Å². The zero-order valence-corrected chi connectivity index (χ0v) is 9.11. The van der Waals surface area contributed by atoms with Gasteiger partial charge in [-0.25, -0.2) is 0 Å². The Morgan fingerprint density at radius 2 is 2.38 bits per heavy atom. The number of piperidine rings is 1. The van der Waals surface area contributed by atoms with E-state index in [1.807, 2.05) is 0 Å². The van der Waals surface area contributed by atoms with E-state index in [-0.39, 0.29) is 0 Å². The molecule has 5 heteroatoms. The standard InChI is InChI=1S/C8H12ClN3S/c1-6-3-2-4-12(5-6)8-7(9)10-13-11-8/h6H,2-5H2,1H3/t6-/m1/s1. The van der Waals surface area contributed by atoms with Crippen LogP contribution in [0.5, 0.6) is 0 Å². The molecule has 0 radical (unpaired) electrons. The summed E-state index contributed by atoms with van der Waals surface area (Å²) in [5.74, 6) is 1.62. The van der Waals surface area contributed by atoms with Crippen molar-refractivity contribution in [2.24, 2.45) is 5.92 Å². The van der Waals surface area contributed by atoms with Crippen LogP contribution in [0.3, 0.4) is 0 Å². The summed E-state index contributed by atoms with van der Waals surface area (Å²) in [6.07, 6.45) is 2.54. The number of hydrogen-bond donors (Lipinski definition) is 0. The van der Waals surface area contributed by atoms with Gasteiger partial charge < -0.3 is 4.90 Å². The fraction of sp³-hybridized carbons (Fsp3) is 0.750. The van der Waals surface area contributed by atoms with Gasteiger partial charge >= 0.3 is 0 Å². The molecule has 1 saturated heterocycles. The zero-order chi connectivity index (χ0) is 9.26. The van der Waals surface area contributed by atoms with E-state index in [0.717, 1.165) is 24.8 Å². The van der Waals surface area contributed by atoms with Crippen molar-refractivity contribution < 1.29 is 0 Å². The number of halogens is 1. The second kappa shape index (κ2) is 3.80. The first-order valence-corrected chi connectivity index (χ1v) is 5.61. The van der Waals surface area contributed by atoms with Gasteiger partial charge in [0.05, 0.1) is 11.7 Å². The molecule has 0 bridgehead atoms. The highest BCUT2D eigenvalue weighted by Gasteiger charge is 2.20. The summed E-state index contributed by atoms with van der Waals surface area (Å²) in [6, 6.07) is 0. The molecular formula is C8H12ClN3S. The summed E-state index contributed by atoms with van der Waals surface area (Å²) in [5.41, 5.74) is 0. The highest BCUT2D eigenvalue weighted by atomic mass is 35.5. The van der Waals surface area contributed by atoms with Gasteiger partial charge in [0.25, 0.3) is 0 Å². The van der Waals surface area contributed by atoms with Gasteiger partial charge in [-0.05, 0) is 18.8 Å². The monoisotopic (exact) mass is 217 g/mol. The molecule has 0 unspecified atom stereocenters. The van der Waals surface area contributed by atoms with Crippen LogP contribution in [0.15, 0.2) is 0 Å². The quantitative estimate of drug-likeness (QED) is 0.724. The number of hydrogen-bond acceptors (Lipinski definition) is 4. The van der Waals surface area contributed by atoms with Gasteiger partial charge in [0.2, 0.25) is 0 Å². The molecule has 0 aromatic carbocycles. The average Bonchev–Trinajstić information content (AvgIpc) is 2.51. The molecular weight excluding hydrogens is 206 g/mol. The molecule has 2 rings (SSSR count). The summed E-state index contributed by atoms with van der Waals surface area (Å²) in [6.45, 7) is 4.39. The second-order valence-corrected chi connectivity index (χ2v) is 4.46. The predicted octanol–water partition coefficient (Wildman–Crippen LogP) is 2.43. The normalized spacial score (nSPS) is 23.5. The number of anilines is 1. The maximum atomic E-state index is 5.92. The summed E-state index contributed by atoms with van der Waals surface area (Å²) < 4.78 is 8.17. The Balaban J connectivity index is 2.12. The Hall–Kier alpha value is -0.350. The zero-order valence-electron chi connectivity index (χ0n) is 7.53. The van der Waals surface area contributed by atoms with Crippen LogP contribution in [0.2, 0.25) is 5.15 Å². The summed E-state index contributed by atoms with van der Waals surface area (Å²) in [7, 11) is 0. The third kappa shape index (κ3) is 1.94. The van der Waals surface area contributed by atoms with Crippen LogP contribution < -0.4 is 4.90 Å². The van der Waals surface area contributed by atoms with Crippen LogP contribution in [0.1, 0.15) is 19.8 Å². The van der Waals surface area contributed by atoms with Crippen molar-refractivity contribution in [3.8, 4) is 0 Å². The van der Waals surface area contributed by atoms with Crippen molar-refractivity contribution in [1.82, 2.24) is 8.75 Å². The molecule has 72 valence electrons. The highest BCUT2D eigenvalue weighted by molar-refractivity contribution is 6.99. The van der Waals surface area contributed by atoms with Gasteiger partial charge in [-0.2, -0.15) is 8.75 Å². The molecule has 1 fully saturated rings. The van der Waals surface area contributed by atoms with E-state index < -0.39 is 0 Å². The summed E-state index contributed by atoms with van der Waals surface area (Å²) in [4.78, 5) is 2.24. The predicted molar refractivity (Wildman–Crippen MR) is 55.5 cm³/mol. The van der Waals surface area contributed by atoms with Gasteiger partial charge in [0.15, 0.2) is 11.0 Å². The summed E-state index contributed by atoms with van der Waals surface area (Å²) in [5, 5.41) is 0.555. The van der Waals surface area contributed by atoms with Crippen molar-refractivity contribution in [3.05, 3.63) is 5.15 Å². The SMILES string of the molecule is C[C@@H]1CCCN(c2nsnc2Cl)C1. The average molecular weight is 218 g/mol. The lowest BCUT2D eigenvalue weighted by Crippen LogP contribution is -2.34. The number of nitrogens with zero attached hydrogens (tertiary/aromatic N) is 3. The molecule has 13 heavy (non-hydrogen) atoms. The molecule has 0 amide bonds. The Morgan fingerprint density at radius 3 is 3.00 bits per heavy atom. The fourth-order valence-electron chi connectivity index (χ4n) is 1.74. The van der Waals surface area contributed by atoms with E-state index in [9.17, 15) is 0 Å². The fourth-order valence-corrected chi connectivity index (χ4v) is 2.52. The first-order valence-electron chi connectivity index (χ1n) is 4.50. The Morgan fingerprint density at radius 1 is 1.54 bits per heavy atom. The Labute approximate surface area is 87.0 Å². The minimum atomic E-state index is 0.555. The van der Waals surface area contributed by atoms with Crippen LogP contribution in [0.25, 0.3) is 0 Å². The molecule has 2 heterocycles. The molecule has 1 aliphatic rings. The van der Waals surface area contributed by atoms with Crippen LogP contribution in [0, 0.1) is 5.92 Å². The minimum Gasteiger partial charge on any atom is -0.353 e. The number of rotatable bonds is 1. The smallest absolute Gasteiger partial charge is 0.187 e. The lowest BCUT2D eigenvalue weighted by Gasteiger charge is -2.30. The lowest BCUT2D eigenvalue weighted by molar-refractivity contribution is 0.445. The van der Waals surface area contributed by atoms with Gasteiger partial charge in [-0.1, -0.05) is 18.5 Å². The van der Waals surface area contributed by atoms with Gasteiger partial charge in [-0.15, -0.1) is 0 Å². The van der Waals surface area contributed by atoms with Crippen LogP contribution in [-0.4, -0.2) is 21.8 Å². The highest BCUT2D eigenvalue weighted by Crippen LogP contribution is 2.27. The molecule has 3 nitrogen and oxygen atoms in total. The first-order chi connectivity index (χ1) is 6.27. The van der Waals surface area contributed by atoms with Gasteiger partial charge in [-0.3, -0.25) is 0 Å². The molecule has 1 atom stereocenters. The minimum absolute atomic E-state index is 0.555. The number of aromatic nitrogens is 2. The van der Waals surface area contributed by atoms with E-state index in [4.69, 9.17) is 11.6 Å². The summed E-state index contributed by atoms with van der Waals surface area (Å²) >= 11 is 7.10. The molecule has 0 saturated carbocycles. The molecule has 1 aliphatic heterocycles. The van der Waals surface area contributed by atoms with Crippen LogP contribution >= 0.6 is 23.3 Å². The van der Waals surface area contributed by atoms with E-state index in [1.54, 1.807) is 0 Å². The van der Waals surface area contributed by atoms with Crippen molar-refractivity contribution >= 4 is 29.1 Å². The Bertz CT molecular complexity index is 289. The van der Waals surface area contributed by atoms with E-state index >= 15 is 0 Å². The van der Waals surface area contributed by atoms with Crippen LogP contribution in [-0.2, 0) is 0 Å². The molecule has 0 aliphatic carbocycles. The maximum Gasteiger partial charge on any atom is 0.187 e. The van der Waals surface area contributed by atoms with Crippen LogP contribution in [0.4, 0.5) is 5.82 Å². The van der Waals surface area contributed by atoms with Crippen molar-refractivity contribution in [3.63, 3.8) is 0 Å². The van der Waals surface area contributed by atoms with Crippen molar-refractivity contribution in [2.75, 3.05) is 18.0 Å². The largest absolute Gasteiger partial charge is 0.353 e. The third-order valence-electron chi connectivity index (χ3n) is 2.39. The van der Waals surface area contributed by atoms with Gasteiger partial charge in [0.1, 0.15) is 0 Å². The first kappa shape index (κ1) is 9.21. The molecule has 0 N–H and O–H groups in total. The molecule has 1 aromatic heterocycles. The van der Waals surface area contributed by atoms with Crippen molar-refractivity contribution in [2.45, 2.75) is 19.8 Å².